The maximum atomic E-state index is 12.6. The smallest absolute Gasteiger partial charge is 0.345 e. The summed E-state index contributed by atoms with van der Waals surface area (Å²) in [6.07, 6.45) is 5.58. The van der Waals surface area contributed by atoms with Crippen molar-refractivity contribution >= 4 is 27.5 Å². The first-order valence-electron chi connectivity index (χ1n) is 7.45. The van der Waals surface area contributed by atoms with Crippen LogP contribution in [0.2, 0.25) is 0 Å². The van der Waals surface area contributed by atoms with Gasteiger partial charge in [-0.1, -0.05) is 19.3 Å². The van der Waals surface area contributed by atoms with Gasteiger partial charge in [0, 0.05) is 13.6 Å². The summed E-state index contributed by atoms with van der Waals surface area (Å²) >= 11 is 0.965. The highest BCUT2D eigenvalue weighted by atomic mass is 32.1. The molecule has 0 saturated heterocycles. The molecule has 0 aromatic carbocycles. The molecule has 0 unspecified atom stereocenters. The van der Waals surface area contributed by atoms with Crippen molar-refractivity contribution in [3.8, 4) is 0 Å². The van der Waals surface area contributed by atoms with E-state index in [4.69, 9.17) is 5.11 Å². The van der Waals surface area contributed by atoms with E-state index in [9.17, 15) is 14.4 Å². The van der Waals surface area contributed by atoms with Crippen molar-refractivity contribution in [2.75, 3.05) is 0 Å². The molecule has 1 aliphatic carbocycles. The largest absolute Gasteiger partial charge is 0.477 e. The van der Waals surface area contributed by atoms with Gasteiger partial charge in [0.15, 0.2) is 0 Å². The lowest BCUT2D eigenvalue weighted by molar-refractivity contribution is 0.0702. The molecule has 0 radical (unpaired) electrons. The van der Waals surface area contributed by atoms with Crippen LogP contribution in [0.4, 0.5) is 0 Å². The van der Waals surface area contributed by atoms with E-state index in [0.29, 0.717) is 22.7 Å². The highest BCUT2D eigenvalue weighted by Crippen LogP contribution is 2.25. The number of carbonyl (C=O) groups is 1. The second kappa shape index (κ2) is 5.72. The molecule has 0 aliphatic heterocycles. The molecule has 1 fully saturated rings. The van der Waals surface area contributed by atoms with Gasteiger partial charge < -0.3 is 5.11 Å². The van der Waals surface area contributed by atoms with Crippen LogP contribution in [0.25, 0.3) is 10.2 Å². The molecule has 3 rings (SSSR count). The van der Waals surface area contributed by atoms with E-state index >= 15 is 0 Å². The number of aromatic nitrogens is 2. The van der Waals surface area contributed by atoms with Crippen molar-refractivity contribution in [3.63, 3.8) is 0 Å². The van der Waals surface area contributed by atoms with Crippen molar-refractivity contribution in [3.05, 3.63) is 31.8 Å². The first kappa shape index (κ1) is 15.0. The molecule has 2 aromatic heterocycles. The third-order valence-electron chi connectivity index (χ3n) is 4.39. The van der Waals surface area contributed by atoms with E-state index in [2.05, 4.69) is 0 Å². The SMILES string of the molecule is Cn1c(=O)n(CC2CCCCC2)c(=O)c2cc(C(=O)O)sc21. The molecular formula is C15H18N2O4S. The molecule has 2 heterocycles. The molecule has 0 spiro atoms. The van der Waals surface area contributed by atoms with Crippen molar-refractivity contribution in [1.82, 2.24) is 9.13 Å². The Morgan fingerprint density at radius 3 is 2.64 bits per heavy atom. The van der Waals surface area contributed by atoms with Gasteiger partial charge in [0.25, 0.3) is 5.56 Å². The number of aromatic carboxylic acids is 1. The van der Waals surface area contributed by atoms with Gasteiger partial charge >= 0.3 is 11.7 Å². The molecule has 118 valence electrons. The number of thiophene rings is 1. The normalized spacial score (nSPS) is 16.2. The van der Waals surface area contributed by atoms with Crippen LogP contribution in [0, 0.1) is 5.92 Å². The van der Waals surface area contributed by atoms with Crippen molar-refractivity contribution in [1.29, 1.82) is 0 Å². The van der Waals surface area contributed by atoms with Gasteiger partial charge in [-0.25, -0.2) is 9.59 Å². The van der Waals surface area contributed by atoms with Crippen LogP contribution < -0.4 is 11.2 Å². The van der Waals surface area contributed by atoms with E-state index in [1.54, 1.807) is 7.05 Å². The molecule has 0 amide bonds. The average Bonchev–Trinajstić information content (AvgIpc) is 2.96. The number of aryl methyl sites for hydroxylation is 1. The Hall–Kier alpha value is -1.89. The van der Waals surface area contributed by atoms with Gasteiger partial charge in [-0.05, 0) is 24.8 Å². The Morgan fingerprint density at radius 1 is 1.32 bits per heavy atom. The van der Waals surface area contributed by atoms with E-state index < -0.39 is 5.97 Å². The predicted molar refractivity (Wildman–Crippen MR) is 84.9 cm³/mol. The molecule has 6 nitrogen and oxygen atoms in total. The lowest BCUT2D eigenvalue weighted by atomic mass is 9.89. The third-order valence-corrected chi connectivity index (χ3v) is 5.59. The van der Waals surface area contributed by atoms with Crippen LogP contribution >= 0.6 is 11.3 Å². The van der Waals surface area contributed by atoms with Crippen LogP contribution in [0.15, 0.2) is 15.7 Å². The van der Waals surface area contributed by atoms with Gasteiger partial charge in [-0.3, -0.25) is 13.9 Å². The van der Waals surface area contributed by atoms with Crippen LogP contribution in [-0.4, -0.2) is 20.2 Å². The standard InChI is InChI=1S/C15H18N2O4S/c1-16-13-10(7-11(22-13)14(19)20)12(18)17(15(16)21)8-9-5-3-2-4-6-9/h7,9H,2-6,8H2,1H3,(H,19,20). The van der Waals surface area contributed by atoms with Gasteiger partial charge in [-0.2, -0.15) is 0 Å². The summed E-state index contributed by atoms with van der Waals surface area (Å²) in [6.45, 7) is 0.430. The summed E-state index contributed by atoms with van der Waals surface area (Å²) in [5.41, 5.74) is -0.728. The second-order valence-corrected chi connectivity index (χ2v) is 6.93. The fourth-order valence-electron chi connectivity index (χ4n) is 3.18. The molecule has 7 heteroatoms. The van der Waals surface area contributed by atoms with Crippen molar-refractivity contribution in [2.24, 2.45) is 13.0 Å². The van der Waals surface area contributed by atoms with E-state index in [-0.39, 0.29) is 16.1 Å². The lowest BCUT2D eigenvalue weighted by Gasteiger charge is -2.22. The Morgan fingerprint density at radius 2 is 2.00 bits per heavy atom. The fraction of sp³-hybridized carbons (Fsp3) is 0.533. The van der Waals surface area contributed by atoms with E-state index in [0.717, 1.165) is 37.0 Å². The zero-order valence-corrected chi connectivity index (χ0v) is 13.2. The first-order valence-corrected chi connectivity index (χ1v) is 8.27. The minimum atomic E-state index is -1.08. The summed E-state index contributed by atoms with van der Waals surface area (Å²) in [6, 6.07) is 1.38. The zero-order chi connectivity index (χ0) is 15.9. The number of fused-ring (bicyclic) bond motifs is 1. The molecule has 1 saturated carbocycles. The van der Waals surface area contributed by atoms with E-state index in [1.165, 1.54) is 21.6 Å². The quantitative estimate of drug-likeness (QED) is 0.937. The lowest BCUT2D eigenvalue weighted by Crippen LogP contribution is -2.40. The Labute approximate surface area is 130 Å². The molecule has 1 aliphatic rings. The van der Waals surface area contributed by atoms with Crippen LogP contribution in [0.5, 0.6) is 0 Å². The number of carboxylic acid groups (broad SMARTS) is 1. The number of rotatable bonds is 3. The fourth-order valence-corrected chi connectivity index (χ4v) is 4.12. The number of hydrogen-bond donors (Lipinski definition) is 1. The van der Waals surface area contributed by atoms with Gasteiger partial charge in [0.1, 0.15) is 9.71 Å². The number of nitrogens with zero attached hydrogens (tertiary/aromatic N) is 2. The van der Waals surface area contributed by atoms with Gasteiger partial charge in [0.2, 0.25) is 0 Å². The summed E-state index contributed by atoms with van der Waals surface area (Å²) in [4.78, 5) is 36.6. The van der Waals surface area contributed by atoms with Gasteiger partial charge in [0.05, 0.1) is 5.39 Å². The zero-order valence-electron chi connectivity index (χ0n) is 12.4. The maximum Gasteiger partial charge on any atom is 0.345 e. The molecule has 2 aromatic rings. The second-order valence-electron chi connectivity index (χ2n) is 5.90. The Kier molecular flexibility index (Phi) is 3.90. The highest BCUT2D eigenvalue weighted by Gasteiger charge is 2.20. The predicted octanol–water partition coefficient (Wildman–Crippen LogP) is 2.04. The van der Waals surface area contributed by atoms with Gasteiger partial charge in [-0.15, -0.1) is 11.3 Å². The van der Waals surface area contributed by atoms with Crippen LogP contribution in [0.1, 0.15) is 41.8 Å². The summed E-state index contributed by atoms with van der Waals surface area (Å²) in [5, 5.41) is 9.40. The van der Waals surface area contributed by atoms with E-state index in [1.807, 2.05) is 0 Å². The molecule has 22 heavy (non-hydrogen) atoms. The van der Waals surface area contributed by atoms with Crippen molar-refractivity contribution < 1.29 is 9.90 Å². The molecular weight excluding hydrogens is 304 g/mol. The summed E-state index contributed by atoms with van der Waals surface area (Å²) in [5.74, 6) is -0.721. The minimum absolute atomic E-state index is 0.0810. The maximum absolute atomic E-state index is 12.6. The average molecular weight is 322 g/mol. The highest BCUT2D eigenvalue weighted by molar-refractivity contribution is 7.20. The molecule has 0 atom stereocenters. The monoisotopic (exact) mass is 322 g/mol. The number of hydrogen-bond acceptors (Lipinski definition) is 4. The van der Waals surface area contributed by atoms with Crippen molar-refractivity contribution in [2.45, 2.75) is 38.6 Å². The summed E-state index contributed by atoms with van der Waals surface area (Å²) < 4.78 is 2.66. The van der Waals surface area contributed by atoms with Crippen LogP contribution in [-0.2, 0) is 13.6 Å². The molecule has 1 N–H and O–H groups in total. The Bertz CT molecular complexity index is 840. The minimum Gasteiger partial charge on any atom is -0.477 e. The Balaban J connectivity index is 2.12. The topological polar surface area (TPSA) is 81.3 Å². The number of carboxylic acids is 1. The summed E-state index contributed by atoms with van der Waals surface area (Å²) in [7, 11) is 1.59. The molecule has 0 bridgehead atoms. The van der Waals surface area contributed by atoms with Crippen LogP contribution in [0.3, 0.4) is 0 Å². The first-order chi connectivity index (χ1) is 10.5. The third kappa shape index (κ3) is 2.49.